The lowest BCUT2D eigenvalue weighted by Crippen LogP contribution is -1.99. The first-order valence-corrected chi connectivity index (χ1v) is 9.94. The SMILES string of the molecule is C=CCC/C(=C\C)c1ccnc(-n2c3ccccc3c3ccc4occc4c32)c1. The van der Waals surface area contributed by atoms with Gasteiger partial charge < -0.3 is 4.42 Å². The van der Waals surface area contributed by atoms with Crippen molar-refractivity contribution in [2.24, 2.45) is 0 Å². The van der Waals surface area contributed by atoms with Crippen LogP contribution in [0.1, 0.15) is 25.3 Å². The summed E-state index contributed by atoms with van der Waals surface area (Å²) in [5.74, 6) is 0.917. The molecule has 0 spiro atoms. The lowest BCUT2D eigenvalue weighted by molar-refractivity contribution is 0.616. The Labute approximate surface area is 169 Å². The van der Waals surface area contributed by atoms with Gasteiger partial charge in [-0.05, 0) is 67.3 Å². The molecule has 3 heterocycles. The highest BCUT2D eigenvalue weighted by molar-refractivity contribution is 6.17. The van der Waals surface area contributed by atoms with Crippen molar-refractivity contribution in [1.82, 2.24) is 9.55 Å². The second-order valence-corrected chi connectivity index (χ2v) is 7.19. The third-order valence-corrected chi connectivity index (χ3v) is 5.58. The van der Waals surface area contributed by atoms with Crippen molar-refractivity contribution in [2.75, 3.05) is 0 Å². The Morgan fingerprint density at radius 1 is 1.07 bits per heavy atom. The van der Waals surface area contributed by atoms with Gasteiger partial charge in [0.2, 0.25) is 0 Å². The molecule has 3 heteroatoms. The van der Waals surface area contributed by atoms with Gasteiger partial charge in [0, 0.05) is 22.4 Å². The zero-order chi connectivity index (χ0) is 19.8. The monoisotopic (exact) mass is 378 g/mol. The van der Waals surface area contributed by atoms with E-state index < -0.39 is 0 Å². The van der Waals surface area contributed by atoms with Crippen LogP contribution in [0, 0.1) is 0 Å². The van der Waals surface area contributed by atoms with Crippen LogP contribution in [0.5, 0.6) is 0 Å². The van der Waals surface area contributed by atoms with Gasteiger partial charge in [0.25, 0.3) is 0 Å². The zero-order valence-corrected chi connectivity index (χ0v) is 16.4. The summed E-state index contributed by atoms with van der Waals surface area (Å²) in [5.41, 5.74) is 5.68. The van der Waals surface area contributed by atoms with Gasteiger partial charge in [-0.2, -0.15) is 0 Å². The van der Waals surface area contributed by atoms with Gasteiger partial charge in [-0.25, -0.2) is 4.98 Å². The van der Waals surface area contributed by atoms with Crippen LogP contribution in [0.4, 0.5) is 0 Å². The summed E-state index contributed by atoms with van der Waals surface area (Å²) in [6.07, 6.45) is 9.74. The normalized spacial score (nSPS) is 12.2. The van der Waals surface area contributed by atoms with Crippen LogP contribution in [-0.2, 0) is 0 Å². The minimum absolute atomic E-state index is 0.887. The third kappa shape index (κ3) is 2.78. The molecule has 0 unspecified atom stereocenters. The Hall–Kier alpha value is -3.59. The van der Waals surface area contributed by atoms with Crippen molar-refractivity contribution < 1.29 is 4.42 Å². The Kier molecular flexibility index (Phi) is 4.28. The Balaban J connectivity index is 1.82. The molecule has 0 aliphatic carbocycles. The maximum Gasteiger partial charge on any atom is 0.138 e. The summed E-state index contributed by atoms with van der Waals surface area (Å²) in [4.78, 5) is 4.76. The van der Waals surface area contributed by atoms with Crippen LogP contribution in [0.15, 0.2) is 90.2 Å². The van der Waals surface area contributed by atoms with E-state index in [9.17, 15) is 0 Å². The van der Waals surface area contributed by atoms with Gasteiger partial charge in [0.1, 0.15) is 11.4 Å². The average Bonchev–Trinajstić information content (AvgIpc) is 3.37. The lowest BCUT2D eigenvalue weighted by Gasteiger charge is -2.11. The molecule has 0 saturated carbocycles. The summed E-state index contributed by atoms with van der Waals surface area (Å²) in [7, 11) is 0. The van der Waals surface area contributed by atoms with Crippen molar-refractivity contribution in [3.05, 3.63) is 91.4 Å². The summed E-state index contributed by atoms with van der Waals surface area (Å²) >= 11 is 0. The fourth-order valence-electron chi connectivity index (χ4n) is 4.20. The molecule has 0 radical (unpaired) electrons. The van der Waals surface area contributed by atoms with Crippen molar-refractivity contribution >= 4 is 38.3 Å². The lowest BCUT2D eigenvalue weighted by atomic mass is 10.0. The van der Waals surface area contributed by atoms with Gasteiger partial charge in [-0.1, -0.05) is 30.4 Å². The minimum atomic E-state index is 0.887. The van der Waals surface area contributed by atoms with E-state index in [1.54, 1.807) is 6.26 Å². The van der Waals surface area contributed by atoms with Crippen molar-refractivity contribution in [3.63, 3.8) is 0 Å². The number of hydrogen-bond acceptors (Lipinski definition) is 2. The molecule has 5 rings (SSSR count). The van der Waals surface area contributed by atoms with Crippen LogP contribution in [0.25, 0.3) is 44.2 Å². The Morgan fingerprint density at radius 2 is 1.97 bits per heavy atom. The van der Waals surface area contributed by atoms with Gasteiger partial charge in [0.05, 0.1) is 17.3 Å². The van der Waals surface area contributed by atoms with Crippen molar-refractivity contribution in [1.29, 1.82) is 0 Å². The molecular formula is C26H22N2O. The quantitative estimate of drug-likeness (QED) is 0.301. The number of pyridine rings is 1. The second kappa shape index (κ2) is 7.10. The fraction of sp³-hybridized carbons (Fsp3) is 0.115. The molecule has 0 atom stereocenters. The van der Waals surface area contributed by atoms with E-state index in [-0.39, 0.29) is 0 Å². The number of rotatable bonds is 5. The first kappa shape index (κ1) is 17.5. The van der Waals surface area contributed by atoms with E-state index >= 15 is 0 Å². The molecule has 2 aromatic carbocycles. The summed E-state index contributed by atoms with van der Waals surface area (Å²) < 4.78 is 7.94. The van der Waals surface area contributed by atoms with Gasteiger partial charge in [0.15, 0.2) is 0 Å². The molecule has 3 nitrogen and oxygen atoms in total. The fourth-order valence-corrected chi connectivity index (χ4v) is 4.20. The molecular weight excluding hydrogens is 356 g/mol. The smallest absolute Gasteiger partial charge is 0.138 e. The highest BCUT2D eigenvalue weighted by Crippen LogP contribution is 2.36. The highest BCUT2D eigenvalue weighted by atomic mass is 16.3. The van der Waals surface area contributed by atoms with Crippen molar-refractivity contribution in [2.45, 2.75) is 19.8 Å². The number of benzene rings is 2. The van der Waals surface area contributed by atoms with Crippen LogP contribution < -0.4 is 0 Å². The van der Waals surface area contributed by atoms with Crippen LogP contribution in [-0.4, -0.2) is 9.55 Å². The van der Waals surface area contributed by atoms with E-state index in [0.29, 0.717) is 0 Å². The second-order valence-electron chi connectivity index (χ2n) is 7.19. The zero-order valence-electron chi connectivity index (χ0n) is 16.4. The minimum Gasteiger partial charge on any atom is -0.464 e. The molecule has 142 valence electrons. The average molecular weight is 378 g/mol. The Morgan fingerprint density at radius 3 is 2.83 bits per heavy atom. The van der Waals surface area contributed by atoms with E-state index in [2.05, 4.69) is 66.6 Å². The standard InChI is InChI=1S/C26H22N2O/c1-3-5-8-18(4-2)19-13-15-27-25(17-19)28-23-10-7-6-9-20(23)21-11-12-24-22(26(21)28)14-16-29-24/h3-4,6-7,9-17H,1,5,8H2,2H3/b18-4+. The van der Waals surface area contributed by atoms with Crippen LogP contribution in [0.2, 0.25) is 0 Å². The van der Waals surface area contributed by atoms with E-state index in [0.717, 1.165) is 40.7 Å². The van der Waals surface area contributed by atoms with E-state index in [4.69, 9.17) is 9.40 Å². The highest BCUT2D eigenvalue weighted by Gasteiger charge is 2.16. The molecule has 3 aromatic heterocycles. The molecule has 0 N–H and O–H groups in total. The van der Waals surface area contributed by atoms with Gasteiger partial charge in [-0.3, -0.25) is 4.57 Å². The predicted octanol–water partition coefficient (Wildman–Crippen LogP) is 7.29. The molecule has 0 bridgehead atoms. The molecule has 5 aromatic rings. The predicted molar refractivity (Wildman–Crippen MR) is 121 cm³/mol. The molecule has 0 aliphatic heterocycles. The van der Waals surface area contributed by atoms with E-state index in [1.807, 2.05) is 24.4 Å². The summed E-state index contributed by atoms with van der Waals surface area (Å²) in [5, 5.41) is 3.53. The summed E-state index contributed by atoms with van der Waals surface area (Å²) in [6, 6.07) is 19.0. The molecule has 0 saturated heterocycles. The number of para-hydroxylation sites is 1. The topological polar surface area (TPSA) is 31.0 Å². The molecule has 0 fully saturated rings. The number of hydrogen-bond donors (Lipinski definition) is 0. The summed E-state index contributed by atoms with van der Waals surface area (Å²) in [6.45, 7) is 5.95. The van der Waals surface area contributed by atoms with Gasteiger partial charge in [-0.15, -0.1) is 6.58 Å². The Bertz CT molecular complexity index is 1380. The third-order valence-electron chi connectivity index (χ3n) is 5.58. The van der Waals surface area contributed by atoms with Crippen LogP contribution >= 0.6 is 0 Å². The molecule has 29 heavy (non-hydrogen) atoms. The number of nitrogens with zero attached hydrogens (tertiary/aromatic N) is 2. The number of furan rings is 1. The largest absolute Gasteiger partial charge is 0.464 e. The number of allylic oxidation sites excluding steroid dienone is 3. The maximum absolute atomic E-state index is 5.68. The van der Waals surface area contributed by atoms with Crippen molar-refractivity contribution in [3.8, 4) is 5.82 Å². The number of fused-ring (bicyclic) bond motifs is 5. The molecule has 0 aliphatic rings. The number of aromatic nitrogens is 2. The first-order valence-electron chi connectivity index (χ1n) is 9.94. The van der Waals surface area contributed by atoms with Gasteiger partial charge >= 0.3 is 0 Å². The maximum atomic E-state index is 5.68. The molecule has 0 amide bonds. The van der Waals surface area contributed by atoms with E-state index in [1.165, 1.54) is 21.9 Å². The van der Waals surface area contributed by atoms with Crippen LogP contribution in [0.3, 0.4) is 0 Å². The first-order chi connectivity index (χ1) is 14.3.